The highest BCUT2D eigenvalue weighted by Gasteiger charge is 2.66. The van der Waals surface area contributed by atoms with Crippen LogP contribution in [0.25, 0.3) is 5.76 Å². The van der Waals surface area contributed by atoms with E-state index in [0.717, 1.165) is 6.07 Å². The zero-order valence-electron chi connectivity index (χ0n) is 18.3. The second kappa shape index (κ2) is 7.19. The van der Waals surface area contributed by atoms with Crippen LogP contribution in [0.3, 0.4) is 0 Å². The summed E-state index contributed by atoms with van der Waals surface area (Å²) in [7, 11) is 2.92. The third-order valence-electron chi connectivity index (χ3n) is 7.17. The largest absolute Gasteiger partial charge is 0.508 e. The fourth-order valence-electron chi connectivity index (χ4n) is 5.63. The molecule has 0 heterocycles. The van der Waals surface area contributed by atoms with Crippen molar-refractivity contribution < 1.29 is 45.0 Å². The summed E-state index contributed by atoms with van der Waals surface area (Å²) in [6, 6.07) is -0.332. The lowest BCUT2D eigenvalue weighted by atomic mass is 9.54. The normalized spacial score (nSPS) is 33.1. The zero-order chi connectivity index (χ0) is 25.7. The molecule has 1 saturated carbocycles. The lowest BCUT2D eigenvalue weighted by molar-refractivity contribution is -0.159. The number of halogens is 1. The van der Waals surface area contributed by atoms with Crippen molar-refractivity contribution in [1.82, 2.24) is 4.90 Å². The highest BCUT2D eigenvalue weighted by molar-refractivity contribution is 6.32. The zero-order valence-corrected chi connectivity index (χ0v) is 19.1. The van der Waals surface area contributed by atoms with Gasteiger partial charge in [-0.15, -0.1) is 0 Å². The molecule has 0 bridgehead atoms. The van der Waals surface area contributed by atoms with Crippen LogP contribution in [-0.2, 0) is 20.0 Å². The molecule has 1 aromatic rings. The number of amides is 1. The molecule has 1 amide bonds. The molecular weight excluding hydrogens is 472 g/mol. The third-order valence-corrected chi connectivity index (χ3v) is 7.47. The summed E-state index contributed by atoms with van der Waals surface area (Å²) in [5.74, 6) is -9.91. The summed E-state index contributed by atoms with van der Waals surface area (Å²) >= 11 is 6.22. The number of benzene rings is 1. The number of fused-ring (bicyclic) bond motifs is 3. The number of phenolic OH excluding ortho intramolecular Hbond substituents is 2. The van der Waals surface area contributed by atoms with Gasteiger partial charge in [-0.3, -0.25) is 19.3 Å². The Hall–Kier alpha value is -3.12. The number of aliphatic hydroxyl groups is 4. The van der Waals surface area contributed by atoms with Gasteiger partial charge in [0.15, 0.2) is 22.9 Å². The summed E-state index contributed by atoms with van der Waals surface area (Å²) in [6.07, 6.45) is -0.323. The van der Waals surface area contributed by atoms with Crippen LogP contribution < -0.4 is 5.73 Å². The molecule has 0 saturated heterocycles. The second-order valence-electron chi connectivity index (χ2n) is 9.24. The number of nitrogens with two attached hydrogens (primary N) is 1. The minimum atomic E-state index is -2.85. The summed E-state index contributed by atoms with van der Waals surface area (Å²) in [5, 5.41) is 65.0. The predicted octanol–water partition coefficient (Wildman–Crippen LogP) is -0.0120. The van der Waals surface area contributed by atoms with E-state index in [-0.39, 0.29) is 17.0 Å². The number of hydrogen-bond acceptors (Lipinski definition) is 10. The summed E-state index contributed by atoms with van der Waals surface area (Å²) < 4.78 is 0. The maximum absolute atomic E-state index is 13.7. The van der Waals surface area contributed by atoms with Crippen LogP contribution >= 0.6 is 11.6 Å². The van der Waals surface area contributed by atoms with Crippen molar-refractivity contribution >= 4 is 34.8 Å². The van der Waals surface area contributed by atoms with Crippen LogP contribution in [0, 0.1) is 11.8 Å². The number of phenols is 2. The number of carbonyl (C=O) groups is 3. The van der Waals surface area contributed by atoms with E-state index in [1.807, 2.05) is 0 Å². The molecule has 0 spiro atoms. The first kappa shape index (κ1) is 24.0. The average Bonchev–Trinajstić information content (AvgIpc) is 2.70. The Balaban J connectivity index is 2.09. The molecule has 4 rings (SSSR count). The first-order valence-corrected chi connectivity index (χ1v) is 10.6. The molecule has 12 heteroatoms. The van der Waals surface area contributed by atoms with Crippen LogP contribution in [0.5, 0.6) is 11.5 Å². The Morgan fingerprint density at radius 2 is 1.76 bits per heavy atom. The van der Waals surface area contributed by atoms with E-state index in [1.54, 1.807) is 0 Å². The number of likely N-dealkylation sites (N-methyl/N-ethyl adjacent to an activating group) is 1. The highest BCUT2D eigenvalue weighted by Crippen LogP contribution is 2.59. The Morgan fingerprint density at radius 1 is 1.18 bits per heavy atom. The number of primary amides is 1. The van der Waals surface area contributed by atoms with Gasteiger partial charge >= 0.3 is 0 Å². The molecule has 34 heavy (non-hydrogen) atoms. The van der Waals surface area contributed by atoms with Crippen LogP contribution in [0.2, 0.25) is 5.02 Å². The topological polar surface area (TPSA) is 202 Å². The van der Waals surface area contributed by atoms with Gasteiger partial charge in [0.1, 0.15) is 17.1 Å². The van der Waals surface area contributed by atoms with Gasteiger partial charge in [0.25, 0.3) is 5.91 Å². The number of Topliss-reactive ketones (excluding diaryl/α,β-unsaturated/α-hetero) is 2. The van der Waals surface area contributed by atoms with E-state index in [9.17, 15) is 45.0 Å². The predicted molar refractivity (Wildman–Crippen MR) is 117 cm³/mol. The van der Waals surface area contributed by atoms with E-state index in [0.29, 0.717) is 0 Å². The van der Waals surface area contributed by atoms with E-state index >= 15 is 0 Å². The average molecular weight is 495 g/mol. The number of nitrogens with zero attached hydrogens (tertiary/aromatic N) is 1. The van der Waals surface area contributed by atoms with Gasteiger partial charge in [-0.05, 0) is 27.4 Å². The smallest absolute Gasteiger partial charge is 0.255 e. The number of hydrogen-bond donors (Lipinski definition) is 7. The first-order valence-electron chi connectivity index (χ1n) is 10.2. The minimum Gasteiger partial charge on any atom is -0.508 e. The van der Waals surface area contributed by atoms with Gasteiger partial charge in [-0.2, -0.15) is 0 Å². The molecule has 0 aromatic heterocycles. The molecule has 0 radical (unpaired) electrons. The van der Waals surface area contributed by atoms with E-state index in [1.165, 1.54) is 25.9 Å². The molecule has 1 aromatic carbocycles. The number of aliphatic hydroxyl groups excluding tert-OH is 2. The monoisotopic (exact) mass is 494 g/mol. The van der Waals surface area contributed by atoms with Crippen molar-refractivity contribution in [2.45, 2.75) is 30.6 Å². The van der Waals surface area contributed by atoms with Crippen molar-refractivity contribution in [3.05, 3.63) is 39.1 Å². The number of ketones is 2. The quantitative estimate of drug-likeness (QED) is 0.216. The molecule has 11 nitrogen and oxygen atoms in total. The minimum absolute atomic E-state index is 0.171. The van der Waals surface area contributed by atoms with Gasteiger partial charge < -0.3 is 36.4 Å². The standard InChI is InChI=1S/C22H23ClN2O9/c1-21(33)6-4-7-14(25(2)3)17(29)12(20(24)32)19(31)22(7,34)18(30)10(6)16(28)11-13(21)8(23)5-9(26)15(11)27/h5-7,14,26-28,31,33-34H,4H2,1-3H3,(H2,24,32)/t6-,7-,14-,21-,22-/m0/s1. The molecule has 1 fully saturated rings. The molecule has 8 N–H and O–H groups in total. The maximum atomic E-state index is 13.7. The second-order valence-corrected chi connectivity index (χ2v) is 9.64. The molecule has 5 atom stereocenters. The van der Waals surface area contributed by atoms with E-state index < -0.39 is 86.3 Å². The van der Waals surface area contributed by atoms with Gasteiger partial charge in [0.2, 0.25) is 5.78 Å². The molecule has 3 aliphatic rings. The van der Waals surface area contributed by atoms with Crippen molar-refractivity contribution in [2.75, 3.05) is 14.1 Å². The lowest BCUT2D eigenvalue weighted by Gasteiger charge is -2.53. The van der Waals surface area contributed by atoms with Crippen molar-refractivity contribution in [3.8, 4) is 11.5 Å². The summed E-state index contributed by atoms with van der Waals surface area (Å²) in [5.41, 5.74) is -1.83. The Morgan fingerprint density at radius 3 is 2.29 bits per heavy atom. The van der Waals surface area contributed by atoms with Crippen LogP contribution in [-0.4, -0.2) is 78.8 Å². The van der Waals surface area contributed by atoms with Crippen molar-refractivity contribution in [3.63, 3.8) is 0 Å². The van der Waals surface area contributed by atoms with Crippen LogP contribution in [0.15, 0.2) is 23.0 Å². The Labute approximate surface area is 198 Å². The summed E-state index contributed by atoms with van der Waals surface area (Å²) in [4.78, 5) is 40.1. The van der Waals surface area contributed by atoms with Crippen LogP contribution in [0.1, 0.15) is 24.5 Å². The number of rotatable bonds is 2. The Kier molecular flexibility index (Phi) is 5.08. The molecule has 0 unspecified atom stereocenters. The first-order chi connectivity index (χ1) is 15.6. The highest BCUT2D eigenvalue weighted by atomic mass is 35.5. The summed E-state index contributed by atoms with van der Waals surface area (Å²) in [6.45, 7) is 1.27. The molecule has 0 aliphatic heterocycles. The number of aromatic hydroxyl groups is 2. The van der Waals surface area contributed by atoms with E-state index in [4.69, 9.17) is 17.3 Å². The molecule has 182 valence electrons. The number of carbonyl (C=O) groups excluding carboxylic acids is 3. The van der Waals surface area contributed by atoms with Crippen LogP contribution in [0.4, 0.5) is 0 Å². The van der Waals surface area contributed by atoms with Gasteiger partial charge in [-0.25, -0.2) is 0 Å². The molecular formula is C22H23ClN2O9. The van der Waals surface area contributed by atoms with Gasteiger partial charge in [0, 0.05) is 29.0 Å². The fourth-order valence-corrected chi connectivity index (χ4v) is 6.02. The SMILES string of the molecule is CN(C)[C@@H]1C(=O)C(C(N)=O)=C(O)[C@@]2(O)C(=O)C3=C(O)c4c(O)c(O)cc(Cl)c4[C@@](C)(O)[C@H]3C[C@@H]12. The van der Waals surface area contributed by atoms with E-state index in [2.05, 4.69) is 0 Å². The van der Waals surface area contributed by atoms with Crippen molar-refractivity contribution in [2.24, 2.45) is 17.6 Å². The van der Waals surface area contributed by atoms with Gasteiger partial charge in [0.05, 0.1) is 22.2 Å². The molecule has 3 aliphatic carbocycles. The van der Waals surface area contributed by atoms with Crippen molar-refractivity contribution in [1.29, 1.82) is 0 Å². The lowest BCUT2D eigenvalue weighted by Crippen LogP contribution is -2.67. The van der Waals surface area contributed by atoms with Gasteiger partial charge in [-0.1, -0.05) is 11.6 Å². The Bertz CT molecular complexity index is 1250. The third kappa shape index (κ3) is 2.72. The maximum Gasteiger partial charge on any atom is 0.255 e. The fraction of sp³-hybridized carbons (Fsp3) is 0.409.